The molecule has 0 spiro atoms. The molecule has 0 aromatic heterocycles. The number of carboxylic acids is 1. The van der Waals surface area contributed by atoms with Crippen molar-refractivity contribution in [3.8, 4) is 0 Å². The molecule has 1 aliphatic heterocycles. The van der Waals surface area contributed by atoms with Crippen LogP contribution in [0.5, 0.6) is 0 Å². The monoisotopic (exact) mass is 260 g/mol. The largest absolute Gasteiger partial charge is 0.480 e. The van der Waals surface area contributed by atoms with Gasteiger partial charge in [-0.1, -0.05) is 13.8 Å². The smallest absolute Gasteiger partial charge is 0.326 e. The lowest BCUT2D eigenvalue weighted by Crippen LogP contribution is -2.53. The van der Waals surface area contributed by atoms with Gasteiger partial charge >= 0.3 is 5.97 Å². The molecule has 0 aromatic carbocycles. The van der Waals surface area contributed by atoms with Crippen molar-refractivity contribution >= 4 is 23.6 Å². The summed E-state index contributed by atoms with van der Waals surface area (Å²) in [4.78, 5) is 22.9. The zero-order chi connectivity index (χ0) is 12.8. The molecule has 1 saturated heterocycles. The molecule has 1 unspecified atom stereocenters. The van der Waals surface area contributed by atoms with Gasteiger partial charge in [0, 0.05) is 18.1 Å². The van der Waals surface area contributed by atoms with Crippen LogP contribution in [0.4, 0.5) is 0 Å². The van der Waals surface area contributed by atoms with Crippen molar-refractivity contribution in [2.24, 2.45) is 5.92 Å². The number of hydrogen-bond donors (Lipinski definition) is 3. The Hall–Kier alpha value is -0.750. The van der Waals surface area contributed by atoms with Crippen LogP contribution in [0.2, 0.25) is 0 Å². The molecular formula is C11H20N2O3S. The molecular weight excluding hydrogens is 240 g/mol. The highest BCUT2D eigenvalue weighted by Crippen LogP contribution is 2.09. The third-order valence-corrected chi connectivity index (χ3v) is 3.62. The van der Waals surface area contributed by atoms with Crippen molar-refractivity contribution in [2.75, 3.05) is 18.1 Å². The highest BCUT2D eigenvalue weighted by atomic mass is 32.2. The Bertz CT molecular complexity index is 278. The molecule has 1 rings (SSSR count). The van der Waals surface area contributed by atoms with Crippen molar-refractivity contribution in [1.29, 1.82) is 0 Å². The first-order valence-electron chi connectivity index (χ1n) is 5.85. The van der Waals surface area contributed by atoms with Gasteiger partial charge in [-0.05, 0) is 12.3 Å². The molecule has 5 nitrogen and oxygen atoms in total. The lowest BCUT2D eigenvalue weighted by Gasteiger charge is -2.24. The van der Waals surface area contributed by atoms with Crippen molar-refractivity contribution in [2.45, 2.75) is 32.4 Å². The van der Waals surface area contributed by atoms with Crippen LogP contribution >= 0.6 is 11.8 Å². The Balaban J connectivity index is 2.47. The molecule has 0 aliphatic carbocycles. The summed E-state index contributed by atoms with van der Waals surface area (Å²) in [5, 5.41) is 14.7. The van der Waals surface area contributed by atoms with E-state index < -0.39 is 12.0 Å². The van der Waals surface area contributed by atoms with Gasteiger partial charge in [-0.15, -0.1) is 0 Å². The van der Waals surface area contributed by atoms with Gasteiger partial charge in [-0.3, -0.25) is 4.79 Å². The van der Waals surface area contributed by atoms with Crippen LogP contribution in [-0.2, 0) is 9.59 Å². The normalized spacial score (nSPS) is 22.2. The number of carboxylic acid groups (broad SMARTS) is 1. The van der Waals surface area contributed by atoms with Crippen LogP contribution in [0, 0.1) is 5.92 Å². The fourth-order valence-electron chi connectivity index (χ4n) is 1.70. The maximum atomic E-state index is 11.8. The van der Waals surface area contributed by atoms with Crippen LogP contribution in [0.3, 0.4) is 0 Å². The molecule has 17 heavy (non-hydrogen) atoms. The van der Waals surface area contributed by atoms with Gasteiger partial charge in [0.05, 0.1) is 6.04 Å². The van der Waals surface area contributed by atoms with E-state index in [1.807, 2.05) is 13.8 Å². The molecule has 0 radical (unpaired) electrons. The Morgan fingerprint density at radius 3 is 2.71 bits per heavy atom. The highest BCUT2D eigenvalue weighted by molar-refractivity contribution is 7.99. The minimum absolute atomic E-state index is 0.203. The fourth-order valence-corrected chi connectivity index (χ4v) is 2.63. The molecule has 0 aromatic rings. The zero-order valence-electron chi connectivity index (χ0n) is 10.2. The van der Waals surface area contributed by atoms with Gasteiger partial charge in [-0.2, -0.15) is 11.8 Å². The van der Waals surface area contributed by atoms with E-state index in [1.54, 1.807) is 11.8 Å². The third-order valence-electron chi connectivity index (χ3n) is 2.56. The number of carbonyl (C=O) groups is 2. The number of rotatable bonds is 5. The van der Waals surface area contributed by atoms with Crippen LogP contribution in [0.1, 0.15) is 20.3 Å². The van der Waals surface area contributed by atoms with Crippen LogP contribution < -0.4 is 10.6 Å². The fraction of sp³-hybridized carbons (Fsp3) is 0.818. The van der Waals surface area contributed by atoms with Gasteiger partial charge in [0.15, 0.2) is 0 Å². The van der Waals surface area contributed by atoms with E-state index >= 15 is 0 Å². The second-order valence-corrected chi connectivity index (χ2v) is 5.76. The first-order valence-corrected chi connectivity index (χ1v) is 7.00. The van der Waals surface area contributed by atoms with Gasteiger partial charge < -0.3 is 15.7 Å². The average molecular weight is 260 g/mol. The van der Waals surface area contributed by atoms with E-state index in [-0.39, 0.29) is 17.9 Å². The van der Waals surface area contributed by atoms with Crippen molar-refractivity contribution in [1.82, 2.24) is 10.6 Å². The van der Waals surface area contributed by atoms with Gasteiger partial charge in [0.2, 0.25) is 5.91 Å². The maximum absolute atomic E-state index is 11.8. The Labute approximate surface area is 106 Å². The number of carbonyl (C=O) groups excluding carboxylic acids is 1. The molecule has 1 heterocycles. The van der Waals surface area contributed by atoms with Gasteiger partial charge in [0.1, 0.15) is 6.04 Å². The zero-order valence-corrected chi connectivity index (χ0v) is 11.0. The maximum Gasteiger partial charge on any atom is 0.326 e. The minimum atomic E-state index is -0.962. The van der Waals surface area contributed by atoms with E-state index in [0.717, 1.165) is 12.3 Å². The quantitative estimate of drug-likeness (QED) is 0.663. The second-order valence-electron chi connectivity index (χ2n) is 4.61. The lowest BCUT2D eigenvalue weighted by molar-refractivity contribution is -0.142. The number of amides is 1. The number of thioether (sulfide) groups is 1. The van der Waals surface area contributed by atoms with E-state index in [0.29, 0.717) is 12.2 Å². The summed E-state index contributed by atoms with van der Waals surface area (Å²) in [6, 6.07) is -1.04. The van der Waals surface area contributed by atoms with E-state index in [1.165, 1.54) is 0 Å². The molecule has 6 heteroatoms. The summed E-state index contributed by atoms with van der Waals surface area (Å²) in [6.45, 7) is 4.68. The summed E-state index contributed by atoms with van der Waals surface area (Å²) in [5.74, 6) is 0.781. The molecule has 2 atom stereocenters. The Kier molecular flexibility index (Phi) is 5.77. The first kappa shape index (κ1) is 14.3. The SMILES string of the molecule is CC(C)C[C@H](NC(=O)C1CSCCN1)C(=O)O. The van der Waals surface area contributed by atoms with Gasteiger partial charge in [0.25, 0.3) is 0 Å². The average Bonchev–Trinajstić information content (AvgIpc) is 2.28. The Morgan fingerprint density at radius 2 is 2.24 bits per heavy atom. The molecule has 1 amide bonds. The van der Waals surface area contributed by atoms with E-state index in [9.17, 15) is 9.59 Å². The summed E-state index contributed by atoms with van der Waals surface area (Å²) in [6.07, 6.45) is 0.459. The molecule has 1 aliphatic rings. The first-order chi connectivity index (χ1) is 8.00. The summed E-state index contributed by atoms with van der Waals surface area (Å²) in [5.41, 5.74) is 0. The molecule has 0 saturated carbocycles. The van der Waals surface area contributed by atoms with Crippen molar-refractivity contribution in [3.63, 3.8) is 0 Å². The molecule has 1 fully saturated rings. The topological polar surface area (TPSA) is 78.4 Å². The standard InChI is InChI=1S/C11H20N2O3S/c1-7(2)5-8(11(15)16)13-10(14)9-6-17-4-3-12-9/h7-9,12H,3-6H2,1-2H3,(H,13,14)(H,15,16)/t8-,9?/m0/s1. The molecule has 3 N–H and O–H groups in total. The van der Waals surface area contributed by atoms with E-state index in [4.69, 9.17) is 5.11 Å². The van der Waals surface area contributed by atoms with Crippen molar-refractivity contribution in [3.05, 3.63) is 0 Å². The predicted molar refractivity (Wildman–Crippen MR) is 68.1 cm³/mol. The second kappa shape index (κ2) is 6.86. The number of hydrogen-bond acceptors (Lipinski definition) is 4. The summed E-state index contributed by atoms with van der Waals surface area (Å²) in [7, 11) is 0. The van der Waals surface area contributed by atoms with Crippen molar-refractivity contribution < 1.29 is 14.7 Å². The third kappa shape index (κ3) is 4.95. The Morgan fingerprint density at radius 1 is 1.53 bits per heavy atom. The van der Waals surface area contributed by atoms with Crippen LogP contribution in [0.25, 0.3) is 0 Å². The van der Waals surface area contributed by atoms with Gasteiger partial charge in [-0.25, -0.2) is 4.79 Å². The molecule has 98 valence electrons. The summed E-state index contributed by atoms with van der Waals surface area (Å²) < 4.78 is 0. The summed E-state index contributed by atoms with van der Waals surface area (Å²) >= 11 is 1.71. The number of nitrogens with one attached hydrogen (secondary N) is 2. The highest BCUT2D eigenvalue weighted by Gasteiger charge is 2.26. The number of aliphatic carboxylic acids is 1. The van der Waals surface area contributed by atoms with Crippen LogP contribution in [0.15, 0.2) is 0 Å². The lowest BCUT2D eigenvalue weighted by atomic mass is 10.0. The predicted octanol–water partition coefficient (Wildman–Crippen LogP) is 0.307. The minimum Gasteiger partial charge on any atom is -0.480 e. The van der Waals surface area contributed by atoms with Crippen LogP contribution in [-0.4, -0.2) is 47.1 Å². The molecule has 0 bridgehead atoms. The van der Waals surface area contributed by atoms with E-state index in [2.05, 4.69) is 10.6 Å².